The number of benzene rings is 2. The first-order chi connectivity index (χ1) is 12.3. The highest BCUT2D eigenvalue weighted by Crippen LogP contribution is 2.20. The first-order valence-corrected chi connectivity index (χ1v) is 8.26. The molecule has 0 aliphatic heterocycles. The average Bonchev–Trinajstić information content (AvgIpc) is 2.59. The van der Waals surface area contributed by atoms with Crippen molar-refractivity contribution in [2.24, 2.45) is 0 Å². The molecule has 0 unspecified atom stereocenters. The third-order valence-corrected chi connectivity index (χ3v) is 3.92. The fourth-order valence-electron chi connectivity index (χ4n) is 2.06. The summed E-state index contributed by atoms with van der Waals surface area (Å²) in [6.07, 6.45) is -1.08. The molecule has 0 fully saturated rings. The topological polar surface area (TPSA) is 72.5 Å². The Morgan fingerprint density at radius 2 is 1.77 bits per heavy atom. The fraction of sp³-hybridized carbons (Fsp3) is 0.167. The maximum absolute atomic E-state index is 12.9. The number of ketones is 1. The summed E-state index contributed by atoms with van der Waals surface area (Å²) in [5, 5.41) is 2.86. The summed E-state index contributed by atoms with van der Waals surface area (Å²) in [5.41, 5.74) is 0.364. The van der Waals surface area contributed by atoms with E-state index in [0.717, 1.165) is 12.1 Å². The largest absolute Gasteiger partial charge is 0.453 e. The predicted molar refractivity (Wildman–Crippen MR) is 95.1 cm³/mol. The van der Waals surface area contributed by atoms with E-state index < -0.39 is 36.1 Å². The summed E-state index contributed by atoms with van der Waals surface area (Å²) in [6.45, 7) is 0.945. The van der Waals surface area contributed by atoms with Crippen molar-refractivity contribution in [3.63, 3.8) is 0 Å². The standard InChI is InChI=1S/C18H14Cl2FNO4/c1-10(17(24)11-2-5-13(21)6-3-11)26-16(23)9-22-18(25)14-7-4-12(19)8-15(14)20/h2-8,10H,9H2,1H3,(H,22,25)/t10-/m0/s1. The zero-order chi connectivity index (χ0) is 19.3. The zero-order valence-electron chi connectivity index (χ0n) is 13.6. The Hall–Kier alpha value is -2.44. The van der Waals surface area contributed by atoms with Gasteiger partial charge >= 0.3 is 5.97 Å². The van der Waals surface area contributed by atoms with Crippen molar-refractivity contribution in [2.45, 2.75) is 13.0 Å². The van der Waals surface area contributed by atoms with Crippen LogP contribution in [0.1, 0.15) is 27.6 Å². The van der Waals surface area contributed by atoms with Gasteiger partial charge in [-0.25, -0.2) is 4.39 Å². The number of nitrogens with one attached hydrogen (secondary N) is 1. The van der Waals surface area contributed by atoms with E-state index in [1.165, 1.54) is 37.3 Å². The summed E-state index contributed by atoms with van der Waals surface area (Å²) >= 11 is 11.7. The minimum Gasteiger partial charge on any atom is -0.453 e. The van der Waals surface area contributed by atoms with Gasteiger partial charge in [0.1, 0.15) is 12.4 Å². The van der Waals surface area contributed by atoms with Crippen molar-refractivity contribution in [1.29, 1.82) is 0 Å². The van der Waals surface area contributed by atoms with Gasteiger partial charge in [0.15, 0.2) is 6.10 Å². The van der Waals surface area contributed by atoms with Crippen LogP contribution in [0, 0.1) is 5.82 Å². The van der Waals surface area contributed by atoms with Gasteiger partial charge in [0.25, 0.3) is 5.91 Å². The number of rotatable bonds is 6. The molecule has 1 atom stereocenters. The first kappa shape index (κ1) is 19.9. The van der Waals surface area contributed by atoms with Crippen LogP contribution in [0.4, 0.5) is 4.39 Å². The molecule has 1 amide bonds. The molecule has 5 nitrogen and oxygen atoms in total. The molecule has 0 saturated carbocycles. The maximum atomic E-state index is 12.9. The third kappa shape index (κ3) is 5.28. The molecule has 0 saturated heterocycles. The van der Waals surface area contributed by atoms with Crippen LogP contribution in [-0.4, -0.2) is 30.3 Å². The normalized spacial score (nSPS) is 11.5. The van der Waals surface area contributed by atoms with Crippen LogP contribution in [-0.2, 0) is 9.53 Å². The number of carbonyl (C=O) groups excluding carboxylic acids is 3. The van der Waals surface area contributed by atoms with Crippen LogP contribution in [0.15, 0.2) is 42.5 Å². The van der Waals surface area contributed by atoms with Gasteiger partial charge in [-0.3, -0.25) is 14.4 Å². The van der Waals surface area contributed by atoms with E-state index in [-0.39, 0.29) is 16.1 Å². The molecule has 0 bridgehead atoms. The predicted octanol–water partition coefficient (Wildman–Crippen LogP) is 3.68. The Labute approximate surface area is 159 Å². The summed E-state index contributed by atoms with van der Waals surface area (Å²) < 4.78 is 17.9. The van der Waals surface area contributed by atoms with Gasteiger partial charge in [0, 0.05) is 10.6 Å². The molecule has 0 spiro atoms. The number of Topliss-reactive ketones (excluding diaryl/α,β-unsaturated/α-hetero) is 1. The molecule has 0 aromatic heterocycles. The number of amides is 1. The monoisotopic (exact) mass is 397 g/mol. The molecule has 2 aromatic carbocycles. The SMILES string of the molecule is C[C@H](OC(=O)CNC(=O)c1ccc(Cl)cc1Cl)C(=O)c1ccc(F)cc1. The molecule has 136 valence electrons. The number of halogens is 3. The van der Waals surface area contributed by atoms with Gasteiger partial charge in [0.05, 0.1) is 10.6 Å². The molecule has 26 heavy (non-hydrogen) atoms. The highest BCUT2D eigenvalue weighted by atomic mass is 35.5. The van der Waals surface area contributed by atoms with Gasteiger partial charge in [0.2, 0.25) is 5.78 Å². The number of hydrogen-bond donors (Lipinski definition) is 1. The van der Waals surface area contributed by atoms with Crippen molar-refractivity contribution < 1.29 is 23.5 Å². The fourth-order valence-corrected chi connectivity index (χ4v) is 2.56. The number of ether oxygens (including phenoxy) is 1. The molecule has 0 aliphatic carbocycles. The molecule has 0 radical (unpaired) electrons. The Morgan fingerprint density at radius 1 is 1.12 bits per heavy atom. The Morgan fingerprint density at radius 3 is 2.38 bits per heavy atom. The lowest BCUT2D eigenvalue weighted by molar-refractivity contribution is -0.145. The van der Waals surface area contributed by atoms with Gasteiger partial charge in [-0.2, -0.15) is 0 Å². The van der Waals surface area contributed by atoms with Gasteiger partial charge < -0.3 is 10.1 Å². The summed E-state index contributed by atoms with van der Waals surface area (Å²) in [7, 11) is 0. The van der Waals surface area contributed by atoms with Gasteiger partial charge in [-0.15, -0.1) is 0 Å². The molecule has 8 heteroatoms. The lowest BCUT2D eigenvalue weighted by atomic mass is 10.1. The second-order valence-electron chi connectivity index (χ2n) is 5.31. The van der Waals surface area contributed by atoms with Crippen molar-refractivity contribution in [1.82, 2.24) is 5.32 Å². The van der Waals surface area contributed by atoms with E-state index in [4.69, 9.17) is 27.9 Å². The van der Waals surface area contributed by atoms with Crippen molar-refractivity contribution in [2.75, 3.05) is 6.54 Å². The van der Waals surface area contributed by atoms with Crippen LogP contribution in [0.5, 0.6) is 0 Å². The Bertz CT molecular complexity index is 840. The second kappa shape index (κ2) is 8.78. The Kier molecular flexibility index (Phi) is 6.71. The van der Waals surface area contributed by atoms with Crippen LogP contribution in [0.25, 0.3) is 0 Å². The van der Waals surface area contributed by atoms with Crippen LogP contribution < -0.4 is 5.32 Å². The van der Waals surface area contributed by atoms with E-state index in [1.807, 2.05) is 0 Å². The zero-order valence-corrected chi connectivity index (χ0v) is 15.1. The highest BCUT2D eigenvalue weighted by molar-refractivity contribution is 6.36. The van der Waals surface area contributed by atoms with E-state index in [9.17, 15) is 18.8 Å². The van der Waals surface area contributed by atoms with Crippen LogP contribution in [0.3, 0.4) is 0 Å². The van der Waals surface area contributed by atoms with Gasteiger partial charge in [-0.05, 0) is 49.4 Å². The smallest absolute Gasteiger partial charge is 0.326 e. The van der Waals surface area contributed by atoms with Gasteiger partial charge in [-0.1, -0.05) is 23.2 Å². The van der Waals surface area contributed by atoms with Crippen molar-refractivity contribution in [3.05, 3.63) is 69.5 Å². The van der Waals surface area contributed by atoms with Crippen molar-refractivity contribution >= 4 is 40.9 Å². The number of esters is 1. The minimum atomic E-state index is -1.08. The third-order valence-electron chi connectivity index (χ3n) is 3.38. The molecule has 0 aliphatic rings. The van der Waals surface area contributed by atoms with E-state index in [0.29, 0.717) is 5.02 Å². The van der Waals surface area contributed by atoms with E-state index in [1.54, 1.807) is 0 Å². The minimum absolute atomic E-state index is 0.142. The lowest BCUT2D eigenvalue weighted by Gasteiger charge is -2.13. The number of carbonyl (C=O) groups is 3. The molecule has 1 N–H and O–H groups in total. The highest BCUT2D eigenvalue weighted by Gasteiger charge is 2.20. The van der Waals surface area contributed by atoms with E-state index >= 15 is 0 Å². The van der Waals surface area contributed by atoms with Crippen LogP contribution in [0.2, 0.25) is 10.0 Å². The van der Waals surface area contributed by atoms with E-state index in [2.05, 4.69) is 5.32 Å². The lowest BCUT2D eigenvalue weighted by Crippen LogP contribution is -2.34. The second-order valence-corrected chi connectivity index (χ2v) is 6.15. The Balaban J connectivity index is 1.88. The summed E-state index contributed by atoms with van der Waals surface area (Å²) in [5.74, 6) is -2.34. The summed E-state index contributed by atoms with van der Waals surface area (Å²) in [4.78, 5) is 35.9. The molecular weight excluding hydrogens is 384 g/mol. The van der Waals surface area contributed by atoms with Crippen LogP contribution >= 0.6 is 23.2 Å². The maximum Gasteiger partial charge on any atom is 0.326 e. The first-order valence-electron chi connectivity index (χ1n) is 7.50. The average molecular weight is 398 g/mol. The quantitative estimate of drug-likeness (QED) is 0.595. The molecule has 0 heterocycles. The molecular formula is C18H14Cl2FNO4. The summed E-state index contributed by atoms with van der Waals surface area (Å²) in [6, 6.07) is 9.18. The van der Waals surface area contributed by atoms with Crippen molar-refractivity contribution in [3.8, 4) is 0 Å². The molecule has 2 aromatic rings. The molecule has 2 rings (SSSR count). The number of hydrogen-bond acceptors (Lipinski definition) is 4.